The van der Waals surface area contributed by atoms with Crippen molar-refractivity contribution in [3.8, 4) is 0 Å². The number of carbonyl (C=O) groups is 1. The van der Waals surface area contributed by atoms with Gasteiger partial charge >= 0.3 is 0 Å². The average molecular weight is 263 g/mol. The van der Waals surface area contributed by atoms with E-state index in [-0.39, 0.29) is 18.0 Å². The molecule has 2 rings (SSSR count). The molecule has 1 aromatic rings. The molecule has 0 bridgehead atoms. The molecule has 1 fully saturated rings. The first-order valence-corrected chi connectivity index (χ1v) is 7.20. The maximum absolute atomic E-state index is 13.5. The fraction of sp³-hybridized carbons (Fsp3) is 0.562. The van der Waals surface area contributed by atoms with Crippen LogP contribution in [0.25, 0.3) is 0 Å². The lowest BCUT2D eigenvalue weighted by atomic mass is 10.1. The van der Waals surface area contributed by atoms with Crippen molar-refractivity contribution in [2.24, 2.45) is 0 Å². The normalized spacial score (nSPS) is 16.2. The highest BCUT2D eigenvalue weighted by atomic mass is 19.1. The molecular weight excluding hydrogens is 241 g/mol. The van der Waals surface area contributed by atoms with Crippen LogP contribution in [0.4, 0.5) is 4.39 Å². The summed E-state index contributed by atoms with van der Waals surface area (Å²) in [4.78, 5) is 14.3. The van der Waals surface area contributed by atoms with Crippen molar-refractivity contribution in [1.29, 1.82) is 0 Å². The minimum Gasteiger partial charge on any atom is -0.298 e. The number of likely N-dealkylation sites (N-methyl/N-ethyl adjacent to an activating group) is 1. The van der Waals surface area contributed by atoms with Crippen molar-refractivity contribution in [2.75, 3.05) is 13.1 Å². The molecule has 0 N–H and O–H groups in total. The van der Waals surface area contributed by atoms with Crippen molar-refractivity contribution < 1.29 is 9.18 Å². The Morgan fingerprint density at radius 3 is 2.63 bits per heavy atom. The van der Waals surface area contributed by atoms with Crippen molar-refractivity contribution >= 4 is 5.78 Å². The summed E-state index contributed by atoms with van der Waals surface area (Å²) in [6.45, 7) is 3.44. The van der Waals surface area contributed by atoms with Crippen molar-refractivity contribution in [1.82, 2.24) is 4.90 Å². The molecule has 1 saturated carbocycles. The highest BCUT2D eigenvalue weighted by Gasteiger charge is 2.23. The van der Waals surface area contributed by atoms with Gasteiger partial charge in [-0.2, -0.15) is 0 Å². The second kappa shape index (κ2) is 6.80. The van der Waals surface area contributed by atoms with Crippen LogP contribution in [0.15, 0.2) is 24.3 Å². The van der Waals surface area contributed by atoms with Gasteiger partial charge in [-0.05, 0) is 31.0 Å². The number of nitrogens with zero attached hydrogens (tertiary/aromatic N) is 1. The molecule has 1 aliphatic carbocycles. The molecule has 0 aromatic heterocycles. The minimum absolute atomic E-state index is 0.110. The van der Waals surface area contributed by atoms with Gasteiger partial charge in [-0.15, -0.1) is 0 Å². The van der Waals surface area contributed by atoms with Crippen LogP contribution in [0.1, 0.15) is 38.2 Å². The summed E-state index contributed by atoms with van der Waals surface area (Å²) in [5.74, 6) is -0.168. The van der Waals surface area contributed by atoms with Gasteiger partial charge < -0.3 is 0 Å². The molecule has 0 saturated heterocycles. The smallest absolute Gasteiger partial charge is 0.151 e. The Morgan fingerprint density at radius 1 is 1.32 bits per heavy atom. The van der Waals surface area contributed by atoms with E-state index < -0.39 is 0 Å². The first kappa shape index (κ1) is 14.2. The summed E-state index contributed by atoms with van der Waals surface area (Å²) >= 11 is 0. The zero-order valence-electron chi connectivity index (χ0n) is 11.6. The van der Waals surface area contributed by atoms with Crippen LogP contribution in [0, 0.1) is 5.82 Å². The fourth-order valence-electron chi connectivity index (χ4n) is 2.91. The number of ketones is 1. The van der Waals surface area contributed by atoms with E-state index in [0.717, 1.165) is 6.54 Å². The zero-order valence-corrected chi connectivity index (χ0v) is 11.6. The molecule has 3 heteroatoms. The Kier molecular flexibility index (Phi) is 5.08. The maximum Gasteiger partial charge on any atom is 0.151 e. The number of carbonyl (C=O) groups excluding carboxylic acids is 1. The molecule has 1 aliphatic rings. The van der Waals surface area contributed by atoms with Crippen molar-refractivity contribution in [3.63, 3.8) is 0 Å². The molecule has 0 atom stereocenters. The van der Waals surface area contributed by atoms with Gasteiger partial charge in [0.15, 0.2) is 5.78 Å². The Balaban J connectivity index is 1.91. The second-order valence-corrected chi connectivity index (χ2v) is 5.31. The number of hydrogen-bond donors (Lipinski definition) is 0. The van der Waals surface area contributed by atoms with Crippen LogP contribution in [-0.2, 0) is 11.2 Å². The lowest BCUT2D eigenvalue weighted by Gasteiger charge is -2.26. The van der Waals surface area contributed by atoms with E-state index in [1.54, 1.807) is 18.2 Å². The maximum atomic E-state index is 13.5. The Hall–Kier alpha value is -1.22. The van der Waals surface area contributed by atoms with Crippen LogP contribution in [0.2, 0.25) is 0 Å². The fourth-order valence-corrected chi connectivity index (χ4v) is 2.91. The predicted molar refractivity (Wildman–Crippen MR) is 74.6 cm³/mol. The van der Waals surface area contributed by atoms with Gasteiger partial charge in [0.25, 0.3) is 0 Å². The summed E-state index contributed by atoms with van der Waals surface area (Å²) in [5, 5.41) is 0. The predicted octanol–water partition coefficient (Wildman–Crippen LogP) is 3.20. The summed E-state index contributed by atoms with van der Waals surface area (Å²) < 4.78 is 13.5. The molecular formula is C16H22FNO. The molecule has 0 spiro atoms. The van der Waals surface area contributed by atoms with E-state index in [1.807, 2.05) is 0 Å². The SMILES string of the molecule is CCN(CC(=O)Cc1ccccc1F)C1CCCC1. The number of hydrogen-bond acceptors (Lipinski definition) is 2. The lowest BCUT2D eigenvalue weighted by molar-refractivity contribution is -0.120. The number of Topliss-reactive ketones (excluding diaryl/α,β-unsaturated/α-hetero) is 1. The van der Waals surface area contributed by atoms with Crippen molar-refractivity contribution in [2.45, 2.75) is 45.1 Å². The van der Waals surface area contributed by atoms with Gasteiger partial charge in [0.2, 0.25) is 0 Å². The van der Waals surface area contributed by atoms with Crippen LogP contribution in [0.5, 0.6) is 0 Å². The molecule has 1 aromatic carbocycles. The molecule has 0 amide bonds. The highest BCUT2D eigenvalue weighted by Crippen LogP contribution is 2.23. The van der Waals surface area contributed by atoms with Gasteiger partial charge in [-0.3, -0.25) is 9.69 Å². The molecule has 0 unspecified atom stereocenters. The third-order valence-electron chi connectivity index (χ3n) is 3.97. The molecule has 2 nitrogen and oxygen atoms in total. The third-order valence-corrected chi connectivity index (χ3v) is 3.97. The largest absolute Gasteiger partial charge is 0.298 e. The third kappa shape index (κ3) is 3.87. The zero-order chi connectivity index (χ0) is 13.7. The minimum atomic E-state index is -0.278. The summed E-state index contributed by atoms with van der Waals surface area (Å²) in [6.07, 6.45) is 5.13. The van der Waals surface area contributed by atoms with Crippen LogP contribution < -0.4 is 0 Å². The van der Waals surface area contributed by atoms with E-state index in [0.29, 0.717) is 18.2 Å². The first-order valence-electron chi connectivity index (χ1n) is 7.20. The Bertz CT molecular complexity index is 427. The molecule has 104 valence electrons. The monoisotopic (exact) mass is 263 g/mol. The highest BCUT2D eigenvalue weighted by molar-refractivity contribution is 5.82. The number of halogens is 1. The topological polar surface area (TPSA) is 20.3 Å². The summed E-state index contributed by atoms with van der Waals surface area (Å²) in [7, 11) is 0. The van der Waals surface area contributed by atoms with Crippen LogP contribution in [-0.4, -0.2) is 29.8 Å². The Labute approximate surface area is 114 Å². The number of benzene rings is 1. The van der Waals surface area contributed by atoms with Crippen LogP contribution in [0.3, 0.4) is 0 Å². The number of rotatable bonds is 6. The first-order chi connectivity index (χ1) is 9.20. The van der Waals surface area contributed by atoms with Gasteiger partial charge in [0.05, 0.1) is 6.54 Å². The van der Waals surface area contributed by atoms with Gasteiger partial charge in [0, 0.05) is 12.5 Å². The Morgan fingerprint density at radius 2 is 2.00 bits per heavy atom. The van der Waals surface area contributed by atoms with Gasteiger partial charge in [-0.25, -0.2) is 4.39 Å². The second-order valence-electron chi connectivity index (χ2n) is 5.31. The van der Waals surface area contributed by atoms with Gasteiger partial charge in [0.1, 0.15) is 5.82 Å². The van der Waals surface area contributed by atoms with E-state index in [1.165, 1.54) is 31.7 Å². The lowest BCUT2D eigenvalue weighted by Crippen LogP contribution is -2.37. The van der Waals surface area contributed by atoms with E-state index in [9.17, 15) is 9.18 Å². The molecule has 0 aliphatic heterocycles. The molecule has 19 heavy (non-hydrogen) atoms. The summed E-state index contributed by atoms with van der Waals surface area (Å²) in [6, 6.07) is 7.09. The van der Waals surface area contributed by atoms with E-state index in [2.05, 4.69) is 11.8 Å². The van der Waals surface area contributed by atoms with Crippen molar-refractivity contribution in [3.05, 3.63) is 35.6 Å². The standard InChI is InChI=1S/C16H22FNO/c1-2-18(14-8-4-5-9-14)12-15(19)11-13-7-3-6-10-16(13)17/h3,6-7,10,14H,2,4-5,8-9,11-12H2,1H3. The van der Waals surface area contributed by atoms with Crippen LogP contribution >= 0.6 is 0 Å². The van der Waals surface area contributed by atoms with Gasteiger partial charge in [-0.1, -0.05) is 38.0 Å². The molecule has 0 radical (unpaired) electrons. The van der Waals surface area contributed by atoms with E-state index >= 15 is 0 Å². The van der Waals surface area contributed by atoms with E-state index in [4.69, 9.17) is 0 Å². The quantitative estimate of drug-likeness (QED) is 0.785. The average Bonchev–Trinajstić information content (AvgIpc) is 2.92. The summed E-state index contributed by atoms with van der Waals surface area (Å²) in [5.41, 5.74) is 0.509. The molecule has 0 heterocycles.